The second-order valence-electron chi connectivity index (χ2n) is 5.22. The Balaban J connectivity index is 2.01. The van der Waals surface area contributed by atoms with Crippen molar-refractivity contribution in [1.29, 1.82) is 0 Å². The van der Waals surface area contributed by atoms with Crippen molar-refractivity contribution < 1.29 is 4.74 Å². The first-order chi connectivity index (χ1) is 11.3. The highest BCUT2D eigenvalue weighted by Gasteiger charge is 2.22. The first-order valence-electron chi connectivity index (χ1n) is 7.68. The van der Waals surface area contributed by atoms with Crippen molar-refractivity contribution in [2.45, 2.75) is 19.0 Å². The molecule has 1 aromatic heterocycles. The van der Waals surface area contributed by atoms with Crippen molar-refractivity contribution in [2.75, 3.05) is 37.0 Å². The Hall–Kier alpha value is -1.97. The molecule has 2 aromatic rings. The highest BCUT2D eigenvalue weighted by Crippen LogP contribution is 2.28. The number of aryl methyl sites for hydroxylation is 1. The Bertz CT molecular complexity index is 726. The van der Waals surface area contributed by atoms with E-state index in [4.69, 9.17) is 4.74 Å². The highest BCUT2D eigenvalue weighted by atomic mass is 32.2. The normalized spacial score (nSPS) is 14.4. The maximum absolute atomic E-state index is 5.45. The molecule has 6 heteroatoms. The van der Waals surface area contributed by atoms with Gasteiger partial charge in [0.05, 0.1) is 24.7 Å². The Morgan fingerprint density at radius 1 is 1.22 bits per heavy atom. The van der Waals surface area contributed by atoms with E-state index < -0.39 is 0 Å². The molecule has 0 spiro atoms. The lowest BCUT2D eigenvalue weighted by Gasteiger charge is -2.28. The SMILES string of the molecule is CC#CCSc1nnc(N2CCOCC2)n1-c1ccccc1C. The second kappa shape index (κ2) is 7.53. The predicted molar refractivity (Wildman–Crippen MR) is 93.3 cm³/mol. The number of ether oxygens (including phenoxy) is 1. The average molecular weight is 328 g/mol. The molecular formula is C17H20N4OS. The van der Waals surface area contributed by atoms with E-state index in [-0.39, 0.29) is 0 Å². The fraction of sp³-hybridized carbons (Fsp3) is 0.412. The van der Waals surface area contributed by atoms with Gasteiger partial charge in [-0.1, -0.05) is 35.9 Å². The van der Waals surface area contributed by atoms with Gasteiger partial charge in [-0.3, -0.25) is 4.57 Å². The van der Waals surface area contributed by atoms with Gasteiger partial charge in [0.2, 0.25) is 5.95 Å². The third-order valence-electron chi connectivity index (χ3n) is 3.72. The number of thioether (sulfide) groups is 1. The van der Waals surface area contributed by atoms with Crippen molar-refractivity contribution in [2.24, 2.45) is 0 Å². The van der Waals surface area contributed by atoms with Gasteiger partial charge >= 0.3 is 0 Å². The topological polar surface area (TPSA) is 43.2 Å². The smallest absolute Gasteiger partial charge is 0.232 e. The van der Waals surface area contributed by atoms with Crippen LogP contribution < -0.4 is 4.90 Å². The van der Waals surface area contributed by atoms with Crippen LogP contribution in [0.15, 0.2) is 29.4 Å². The van der Waals surface area contributed by atoms with Crippen molar-refractivity contribution in [3.8, 4) is 17.5 Å². The lowest BCUT2D eigenvalue weighted by atomic mass is 10.2. The Morgan fingerprint density at radius 3 is 2.74 bits per heavy atom. The van der Waals surface area contributed by atoms with Crippen LogP contribution in [0.1, 0.15) is 12.5 Å². The van der Waals surface area contributed by atoms with Gasteiger partial charge in [0.15, 0.2) is 5.16 Å². The number of benzene rings is 1. The quantitative estimate of drug-likeness (QED) is 0.637. The fourth-order valence-corrected chi connectivity index (χ4v) is 3.28. The van der Waals surface area contributed by atoms with Crippen LogP contribution >= 0.6 is 11.8 Å². The Kier molecular flexibility index (Phi) is 5.21. The molecule has 2 heterocycles. The van der Waals surface area contributed by atoms with Crippen LogP contribution in [-0.4, -0.2) is 46.8 Å². The molecule has 23 heavy (non-hydrogen) atoms. The summed E-state index contributed by atoms with van der Waals surface area (Å²) in [6, 6.07) is 8.32. The summed E-state index contributed by atoms with van der Waals surface area (Å²) in [5.74, 6) is 7.60. The molecule has 0 bridgehead atoms. The second-order valence-corrected chi connectivity index (χ2v) is 6.16. The van der Waals surface area contributed by atoms with Gasteiger partial charge < -0.3 is 9.64 Å². The zero-order valence-corrected chi connectivity index (χ0v) is 14.3. The molecule has 0 amide bonds. The molecule has 3 rings (SSSR count). The molecule has 0 aliphatic carbocycles. The van der Waals surface area contributed by atoms with Crippen LogP contribution in [0.25, 0.3) is 5.69 Å². The maximum atomic E-state index is 5.45. The largest absolute Gasteiger partial charge is 0.378 e. The number of anilines is 1. The summed E-state index contributed by atoms with van der Waals surface area (Å²) in [4.78, 5) is 2.23. The molecule has 0 saturated carbocycles. The summed E-state index contributed by atoms with van der Waals surface area (Å²) in [7, 11) is 0. The lowest BCUT2D eigenvalue weighted by Crippen LogP contribution is -2.38. The monoisotopic (exact) mass is 328 g/mol. The van der Waals surface area contributed by atoms with Gasteiger partial charge in [-0.2, -0.15) is 0 Å². The highest BCUT2D eigenvalue weighted by molar-refractivity contribution is 7.99. The molecule has 0 unspecified atom stereocenters. The Labute approximate surface area is 141 Å². The summed E-state index contributed by atoms with van der Waals surface area (Å²) in [6.07, 6.45) is 0. The van der Waals surface area contributed by atoms with Gasteiger partial charge in [-0.15, -0.1) is 16.1 Å². The number of rotatable bonds is 4. The number of para-hydroxylation sites is 1. The third-order valence-corrected chi connectivity index (χ3v) is 4.53. The first kappa shape index (κ1) is 15.9. The van der Waals surface area contributed by atoms with Crippen molar-refractivity contribution in [3.05, 3.63) is 29.8 Å². The predicted octanol–water partition coefficient (Wildman–Crippen LogP) is 2.53. The number of nitrogens with zero attached hydrogens (tertiary/aromatic N) is 4. The van der Waals surface area contributed by atoms with E-state index in [1.165, 1.54) is 5.56 Å². The molecule has 1 saturated heterocycles. The van der Waals surface area contributed by atoms with Gasteiger partial charge in [-0.25, -0.2) is 0 Å². The van der Waals surface area contributed by atoms with Gasteiger partial charge in [-0.05, 0) is 25.5 Å². The van der Waals surface area contributed by atoms with Crippen LogP contribution in [0, 0.1) is 18.8 Å². The average Bonchev–Trinajstić information content (AvgIpc) is 3.00. The van der Waals surface area contributed by atoms with E-state index in [0.29, 0.717) is 5.75 Å². The first-order valence-corrected chi connectivity index (χ1v) is 8.66. The summed E-state index contributed by atoms with van der Waals surface area (Å²) in [6.45, 7) is 7.09. The molecule has 1 aliphatic rings. The van der Waals surface area contributed by atoms with Crippen molar-refractivity contribution in [1.82, 2.24) is 14.8 Å². The summed E-state index contributed by atoms with van der Waals surface area (Å²) in [5, 5.41) is 9.73. The minimum Gasteiger partial charge on any atom is -0.378 e. The Morgan fingerprint density at radius 2 is 2.00 bits per heavy atom. The zero-order valence-electron chi connectivity index (χ0n) is 13.5. The third kappa shape index (κ3) is 3.52. The van der Waals surface area contributed by atoms with Crippen LogP contribution in [0.3, 0.4) is 0 Å². The molecule has 1 aliphatic heterocycles. The van der Waals surface area contributed by atoms with Crippen molar-refractivity contribution in [3.63, 3.8) is 0 Å². The van der Waals surface area contributed by atoms with Crippen LogP contribution in [0.4, 0.5) is 5.95 Å². The molecule has 5 nitrogen and oxygen atoms in total. The van der Waals surface area contributed by atoms with E-state index in [9.17, 15) is 0 Å². The number of hydrogen-bond acceptors (Lipinski definition) is 5. The van der Waals surface area contributed by atoms with E-state index >= 15 is 0 Å². The summed E-state index contributed by atoms with van der Waals surface area (Å²) < 4.78 is 7.60. The van der Waals surface area contributed by atoms with Crippen LogP contribution in [-0.2, 0) is 4.74 Å². The standard InChI is InChI=1S/C17H20N4OS/c1-3-4-13-23-17-19-18-16(20-9-11-22-12-10-20)21(17)15-8-6-5-7-14(15)2/h5-8H,9-13H2,1-2H3. The summed E-state index contributed by atoms with van der Waals surface area (Å²) >= 11 is 1.62. The van der Waals surface area contributed by atoms with Crippen LogP contribution in [0.5, 0.6) is 0 Å². The number of hydrogen-bond donors (Lipinski definition) is 0. The molecule has 0 N–H and O–H groups in total. The van der Waals surface area contributed by atoms with Gasteiger partial charge in [0, 0.05) is 13.1 Å². The van der Waals surface area contributed by atoms with E-state index in [1.54, 1.807) is 11.8 Å². The van der Waals surface area contributed by atoms with E-state index in [1.807, 2.05) is 19.1 Å². The minimum atomic E-state index is 0.712. The summed E-state index contributed by atoms with van der Waals surface area (Å²) in [5.41, 5.74) is 2.32. The van der Waals surface area contributed by atoms with Gasteiger partial charge in [0.1, 0.15) is 0 Å². The number of morpholine rings is 1. The lowest BCUT2D eigenvalue weighted by molar-refractivity contribution is 0.122. The van der Waals surface area contributed by atoms with Gasteiger partial charge in [0.25, 0.3) is 0 Å². The molecular weight excluding hydrogens is 308 g/mol. The molecule has 1 fully saturated rings. The van der Waals surface area contributed by atoms with Crippen molar-refractivity contribution >= 4 is 17.7 Å². The van der Waals surface area contributed by atoms with Crippen LogP contribution in [0.2, 0.25) is 0 Å². The maximum Gasteiger partial charge on any atom is 0.232 e. The molecule has 120 valence electrons. The molecule has 1 aromatic carbocycles. The fourth-order valence-electron chi connectivity index (χ4n) is 2.52. The molecule has 0 radical (unpaired) electrons. The zero-order chi connectivity index (χ0) is 16.1. The number of aromatic nitrogens is 3. The molecule has 0 atom stereocenters. The van der Waals surface area contributed by atoms with E-state index in [0.717, 1.165) is 43.1 Å². The van der Waals surface area contributed by atoms with E-state index in [2.05, 4.69) is 50.6 Å². The minimum absolute atomic E-state index is 0.712.